The maximum absolute atomic E-state index is 12.2. The van der Waals surface area contributed by atoms with Gasteiger partial charge in [-0.05, 0) is 12.1 Å². The first-order chi connectivity index (χ1) is 10.1. The number of hydrogen-bond acceptors (Lipinski definition) is 5. The summed E-state index contributed by atoms with van der Waals surface area (Å²) in [5.41, 5.74) is 0. The molecule has 21 heavy (non-hydrogen) atoms. The van der Waals surface area contributed by atoms with Gasteiger partial charge in [0.1, 0.15) is 6.04 Å². The number of carbonyl (C=O) groups excluding carboxylic acids is 2. The van der Waals surface area contributed by atoms with Crippen molar-refractivity contribution in [1.82, 2.24) is 15.2 Å². The SMILES string of the molecule is O=C(O)CC1C(=O)NCCN1C(=O)CSc1ccncc1. The number of amides is 2. The summed E-state index contributed by atoms with van der Waals surface area (Å²) in [6, 6.07) is 2.65. The van der Waals surface area contributed by atoms with E-state index in [-0.39, 0.29) is 18.1 Å². The molecular weight excluding hydrogens is 294 g/mol. The van der Waals surface area contributed by atoms with Crippen molar-refractivity contribution in [3.05, 3.63) is 24.5 Å². The lowest BCUT2D eigenvalue weighted by molar-refractivity contribution is -0.147. The molecule has 2 amide bonds. The quantitative estimate of drug-likeness (QED) is 0.741. The Morgan fingerprint density at radius 2 is 2.14 bits per heavy atom. The van der Waals surface area contributed by atoms with Gasteiger partial charge in [0.25, 0.3) is 0 Å². The Balaban J connectivity index is 1.98. The number of carboxylic acid groups (broad SMARTS) is 1. The van der Waals surface area contributed by atoms with Crippen LogP contribution in [0.25, 0.3) is 0 Å². The Kier molecular flexibility index (Phi) is 5.15. The van der Waals surface area contributed by atoms with Gasteiger partial charge >= 0.3 is 5.97 Å². The zero-order valence-corrected chi connectivity index (χ0v) is 12.0. The summed E-state index contributed by atoms with van der Waals surface area (Å²) in [7, 11) is 0. The van der Waals surface area contributed by atoms with Gasteiger partial charge in [0.05, 0.1) is 12.2 Å². The molecule has 1 aliphatic rings. The van der Waals surface area contributed by atoms with Crippen LogP contribution in [0.2, 0.25) is 0 Å². The topological polar surface area (TPSA) is 99.6 Å². The van der Waals surface area contributed by atoms with Crippen LogP contribution in [-0.2, 0) is 14.4 Å². The molecule has 1 aromatic rings. The van der Waals surface area contributed by atoms with E-state index in [9.17, 15) is 14.4 Å². The second kappa shape index (κ2) is 7.07. The molecule has 1 atom stereocenters. The van der Waals surface area contributed by atoms with E-state index < -0.39 is 17.9 Å². The molecule has 2 rings (SSSR count). The van der Waals surface area contributed by atoms with Gasteiger partial charge in [-0.1, -0.05) is 0 Å². The third-order valence-corrected chi connectivity index (χ3v) is 4.03. The maximum Gasteiger partial charge on any atom is 0.305 e. The molecule has 112 valence electrons. The third-order valence-electron chi connectivity index (χ3n) is 3.03. The lowest BCUT2D eigenvalue weighted by Crippen LogP contribution is -2.58. The van der Waals surface area contributed by atoms with Crippen LogP contribution in [-0.4, -0.2) is 57.7 Å². The molecule has 1 saturated heterocycles. The number of nitrogens with one attached hydrogen (secondary N) is 1. The monoisotopic (exact) mass is 309 g/mol. The first-order valence-electron chi connectivity index (χ1n) is 6.39. The fourth-order valence-corrected chi connectivity index (χ4v) is 2.81. The Labute approximate surface area is 125 Å². The minimum Gasteiger partial charge on any atom is -0.481 e. The van der Waals surface area contributed by atoms with Gasteiger partial charge in [0, 0.05) is 30.4 Å². The predicted molar refractivity (Wildman–Crippen MR) is 75.7 cm³/mol. The highest BCUT2D eigenvalue weighted by Crippen LogP contribution is 2.18. The number of nitrogens with zero attached hydrogens (tertiary/aromatic N) is 2. The van der Waals surface area contributed by atoms with E-state index in [0.29, 0.717) is 13.1 Å². The first-order valence-corrected chi connectivity index (χ1v) is 7.38. The highest BCUT2D eigenvalue weighted by Gasteiger charge is 2.34. The number of pyridine rings is 1. The summed E-state index contributed by atoms with van der Waals surface area (Å²) in [6.07, 6.45) is 2.89. The summed E-state index contributed by atoms with van der Waals surface area (Å²) < 4.78 is 0. The fraction of sp³-hybridized carbons (Fsp3) is 0.385. The number of carboxylic acids is 1. The fourth-order valence-electron chi connectivity index (χ4n) is 2.04. The van der Waals surface area contributed by atoms with Crippen LogP contribution >= 0.6 is 11.8 Å². The molecule has 8 heteroatoms. The minimum atomic E-state index is -1.10. The average molecular weight is 309 g/mol. The van der Waals surface area contributed by atoms with Gasteiger partial charge in [0.15, 0.2) is 0 Å². The van der Waals surface area contributed by atoms with Gasteiger partial charge in [0.2, 0.25) is 11.8 Å². The van der Waals surface area contributed by atoms with Gasteiger partial charge in [-0.25, -0.2) is 0 Å². The molecule has 2 N–H and O–H groups in total. The normalized spacial score (nSPS) is 18.2. The summed E-state index contributed by atoms with van der Waals surface area (Å²) in [5.74, 6) is -1.59. The van der Waals surface area contributed by atoms with E-state index in [1.165, 1.54) is 16.7 Å². The molecule has 1 fully saturated rings. The lowest BCUT2D eigenvalue weighted by Gasteiger charge is -2.34. The van der Waals surface area contributed by atoms with E-state index in [2.05, 4.69) is 10.3 Å². The molecule has 0 saturated carbocycles. The van der Waals surface area contributed by atoms with Crippen molar-refractivity contribution in [3.63, 3.8) is 0 Å². The standard InChI is InChI=1S/C13H15N3O4S/c17-11(8-21-9-1-3-14-4-2-9)16-6-5-15-13(20)10(16)7-12(18)19/h1-4,10H,5-8H2,(H,15,20)(H,18,19). The minimum absolute atomic E-state index is 0.160. The maximum atomic E-state index is 12.2. The van der Waals surface area contributed by atoms with Crippen molar-refractivity contribution < 1.29 is 19.5 Å². The zero-order chi connectivity index (χ0) is 15.2. The molecule has 1 aliphatic heterocycles. The molecule has 0 spiro atoms. The molecule has 0 aromatic carbocycles. The zero-order valence-electron chi connectivity index (χ0n) is 11.2. The van der Waals surface area contributed by atoms with E-state index in [0.717, 1.165) is 4.90 Å². The number of piperazine rings is 1. The number of aromatic nitrogens is 1. The molecule has 0 bridgehead atoms. The van der Waals surface area contributed by atoms with Gasteiger partial charge in [-0.15, -0.1) is 11.8 Å². The predicted octanol–water partition coefficient (Wildman–Crippen LogP) is -0.0246. The van der Waals surface area contributed by atoms with Crippen LogP contribution in [0.4, 0.5) is 0 Å². The van der Waals surface area contributed by atoms with Gasteiger partial charge in [-0.2, -0.15) is 0 Å². The van der Waals surface area contributed by atoms with Crippen LogP contribution in [0.5, 0.6) is 0 Å². The molecule has 7 nitrogen and oxygen atoms in total. The Morgan fingerprint density at radius 1 is 1.43 bits per heavy atom. The highest BCUT2D eigenvalue weighted by atomic mass is 32.2. The van der Waals surface area contributed by atoms with Crippen molar-refractivity contribution in [2.45, 2.75) is 17.4 Å². The average Bonchev–Trinajstić information content (AvgIpc) is 2.47. The first kappa shape index (κ1) is 15.3. The smallest absolute Gasteiger partial charge is 0.305 e. The Bertz CT molecular complexity index is 537. The molecule has 0 aliphatic carbocycles. The summed E-state index contributed by atoms with van der Waals surface area (Å²) in [6.45, 7) is 0.681. The second-order valence-electron chi connectivity index (χ2n) is 4.46. The van der Waals surface area contributed by atoms with Crippen LogP contribution in [0.1, 0.15) is 6.42 Å². The van der Waals surface area contributed by atoms with E-state index in [1.54, 1.807) is 24.5 Å². The van der Waals surface area contributed by atoms with Crippen molar-refractivity contribution in [1.29, 1.82) is 0 Å². The van der Waals surface area contributed by atoms with Crippen molar-refractivity contribution in [2.75, 3.05) is 18.8 Å². The van der Waals surface area contributed by atoms with Crippen LogP contribution in [0, 0.1) is 0 Å². The Hall–Kier alpha value is -2.09. The summed E-state index contributed by atoms with van der Waals surface area (Å²) >= 11 is 1.33. The van der Waals surface area contributed by atoms with Crippen LogP contribution < -0.4 is 5.32 Å². The molecular formula is C13H15N3O4S. The molecule has 1 unspecified atom stereocenters. The highest BCUT2D eigenvalue weighted by molar-refractivity contribution is 8.00. The lowest BCUT2D eigenvalue weighted by atomic mass is 10.1. The van der Waals surface area contributed by atoms with E-state index in [1.807, 2.05) is 0 Å². The second-order valence-corrected chi connectivity index (χ2v) is 5.51. The molecule has 0 radical (unpaired) electrons. The largest absolute Gasteiger partial charge is 0.481 e. The number of rotatable bonds is 5. The van der Waals surface area contributed by atoms with Crippen molar-refractivity contribution in [2.24, 2.45) is 0 Å². The van der Waals surface area contributed by atoms with Crippen LogP contribution in [0.15, 0.2) is 29.4 Å². The van der Waals surface area contributed by atoms with Crippen molar-refractivity contribution in [3.8, 4) is 0 Å². The van der Waals surface area contributed by atoms with Crippen LogP contribution in [0.3, 0.4) is 0 Å². The summed E-state index contributed by atoms with van der Waals surface area (Å²) in [4.78, 5) is 40.9. The summed E-state index contributed by atoms with van der Waals surface area (Å²) in [5, 5.41) is 11.4. The van der Waals surface area contributed by atoms with Gasteiger partial charge in [-0.3, -0.25) is 19.4 Å². The third kappa shape index (κ3) is 4.19. The number of carbonyl (C=O) groups is 3. The Morgan fingerprint density at radius 3 is 2.81 bits per heavy atom. The number of thioether (sulfide) groups is 1. The van der Waals surface area contributed by atoms with Crippen molar-refractivity contribution >= 4 is 29.5 Å². The van der Waals surface area contributed by atoms with E-state index in [4.69, 9.17) is 5.11 Å². The molecule has 1 aromatic heterocycles. The number of aliphatic carboxylic acids is 1. The number of hydrogen-bond donors (Lipinski definition) is 2. The molecule has 2 heterocycles. The van der Waals surface area contributed by atoms with E-state index >= 15 is 0 Å². The van der Waals surface area contributed by atoms with Gasteiger partial charge < -0.3 is 15.3 Å².